The van der Waals surface area contributed by atoms with Crippen LogP contribution in [0.5, 0.6) is 0 Å². The molecule has 0 radical (unpaired) electrons. The highest BCUT2D eigenvalue weighted by Crippen LogP contribution is 2.41. The molecule has 26 heavy (non-hydrogen) atoms. The van der Waals surface area contributed by atoms with Crippen LogP contribution in [0.3, 0.4) is 0 Å². The minimum absolute atomic E-state index is 0.291. The van der Waals surface area contributed by atoms with Crippen LogP contribution in [0.15, 0.2) is 36.7 Å². The topological polar surface area (TPSA) is 71.1 Å². The van der Waals surface area contributed by atoms with Gasteiger partial charge in [-0.1, -0.05) is 13.3 Å². The van der Waals surface area contributed by atoms with Gasteiger partial charge in [0.05, 0.1) is 16.7 Å². The second kappa shape index (κ2) is 6.12. The van der Waals surface area contributed by atoms with E-state index < -0.39 is 5.60 Å². The van der Waals surface area contributed by atoms with Crippen molar-refractivity contribution < 1.29 is 9.53 Å². The Morgan fingerprint density at radius 3 is 2.73 bits per heavy atom. The SMILES string of the molecule is CCCCN1C(=O)OC(C)(C)c2cc3[nH]c(-c4ccncc4)nc3cc21. The molecule has 0 fully saturated rings. The van der Waals surface area contributed by atoms with Crippen LogP contribution in [-0.2, 0) is 10.3 Å². The summed E-state index contributed by atoms with van der Waals surface area (Å²) < 4.78 is 5.69. The van der Waals surface area contributed by atoms with E-state index in [1.54, 1.807) is 17.3 Å². The van der Waals surface area contributed by atoms with Crippen molar-refractivity contribution in [2.45, 2.75) is 39.2 Å². The molecular weight excluding hydrogens is 328 g/mol. The number of rotatable bonds is 4. The maximum atomic E-state index is 12.5. The number of cyclic esters (lactones) is 1. The molecule has 0 saturated carbocycles. The Balaban J connectivity index is 1.86. The fourth-order valence-corrected chi connectivity index (χ4v) is 3.35. The molecule has 6 nitrogen and oxygen atoms in total. The maximum Gasteiger partial charge on any atom is 0.415 e. The first-order chi connectivity index (χ1) is 12.5. The molecule has 1 aliphatic heterocycles. The Labute approximate surface area is 152 Å². The van der Waals surface area contributed by atoms with Gasteiger partial charge in [0, 0.05) is 30.1 Å². The lowest BCUT2D eigenvalue weighted by molar-refractivity contribution is 0.0351. The third-order valence-electron chi connectivity index (χ3n) is 4.79. The number of anilines is 1. The van der Waals surface area contributed by atoms with Gasteiger partial charge in [-0.2, -0.15) is 0 Å². The molecule has 3 aromatic rings. The van der Waals surface area contributed by atoms with E-state index in [2.05, 4.69) is 16.9 Å². The van der Waals surface area contributed by atoms with E-state index in [1.807, 2.05) is 38.1 Å². The molecule has 0 bridgehead atoms. The van der Waals surface area contributed by atoms with E-state index in [4.69, 9.17) is 9.72 Å². The van der Waals surface area contributed by atoms with Gasteiger partial charge in [-0.25, -0.2) is 9.78 Å². The Bertz CT molecular complexity index is 963. The first-order valence-electron chi connectivity index (χ1n) is 8.95. The average Bonchev–Trinajstić information content (AvgIpc) is 3.04. The van der Waals surface area contributed by atoms with E-state index >= 15 is 0 Å². The van der Waals surface area contributed by atoms with Gasteiger partial charge in [0.15, 0.2) is 0 Å². The third-order valence-corrected chi connectivity index (χ3v) is 4.79. The zero-order valence-electron chi connectivity index (χ0n) is 15.2. The number of H-pyrrole nitrogens is 1. The number of ether oxygens (including phenoxy) is 1. The number of imidazole rings is 1. The van der Waals surface area contributed by atoms with Gasteiger partial charge in [0.2, 0.25) is 0 Å². The first kappa shape index (κ1) is 16.6. The fraction of sp³-hybridized carbons (Fsp3) is 0.350. The Kier molecular flexibility index (Phi) is 3.90. The Morgan fingerprint density at radius 2 is 2.00 bits per heavy atom. The number of amides is 1. The lowest BCUT2D eigenvalue weighted by Gasteiger charge is -2.38. The summed E-state index contributed by atoms with van der Waals surface area (Å²) in [6, 6.07) is 7.88. The highest BCUT2D eigenvalue weighted by Gasteiger charge is 2.38. The number of hydrogen-bond acceptors (Lipinski definition) is 4. The Morgan fingerprint density at radius 1 is 1.23 bits per heavy atom. The van der Waals surface area contributed by atoms with Crippen molar-refractivity contribution in [3.8, 4) is 11.4 Å². The molecule has 1 aromatic carbocycles. The molecule has 1 amide bonds. The number of aromatic amines is 1. The summed E-state index contributed by atoms with van der Waals surface area (Å²) in [7, 11) is 0. The number of fused-ring (bicyclic) bond motifs is 2. The lowest BCUT2D eigenvalue weighted by atomic mass is 9.93. The molecule has 1 aliphatic rings. The number of benzene rings is 1. The second-order valence-corrected chi connectivity index (χ2v) is 7.09. The van der Waals surface area contributed by atoms with Crippen molar-refractivity contribution in [3.63, 3.8) is 0 Å². The predicted octanol–water partition coefficient (Wildman–Crippen LogP) is 4.62. The van der Waals surface area contributed by atoms with Crippen molar-refractivity contribution in [1.29, 1.82) is 0 Å². The minimum atomic E-state index is -0.675. The van der Waals surface area contributed by atoms with Gasteiger partial charge in [-0.3, -0.25) is 9.88 Å². The number of carbonyl (C=O) groups is 1. The van der Waals surface area contributed by atoms with Gasteiger partial charge >= 0.3 is 6.09 Å². The average molecular weight is 350 g/mol. The Hall–Kier alpha value is -2.89. The molecule has 6 heteroatoms. The molecular formula is C20H22N4O2. The minimum Gasteiger partial charge on any atom is -0.438 e. The summed E-state index contributed by atoms with van der Waals surface area (Å²) in [6.07, 6.45) is 5.14. The summed E-state index contributed by atoms with van der Waals surface area (Å²) in [5.41, 5.74) is 3.94. The smallest absolute Gasteiger partial charge is 0.415 e. The molecule has 4 rings (SSSR count). The molecule has 0 aliphatic carbocycles. The fourth-order valence-electron chi connectivity index (χ4n) is 3.35. The van der Waals surface area contributed by atoms with Crippen molar-refractivity contribution >= 4 is 22.8 Å². The number of nitrogens with one attached hydrogen (secondary N) is 1. The number of aromatic nitrogens is 3. The highest BCUT2D eigenvalue weighted by molar-refractivity contribution is 5.95. The van der Waals surface area contributed by atoms with Gasteiger partial charge in [0.25, 0.3) is 0 Å². The molecule has 1 N–H and O–H groups in total. The molecule has 134 valence electrons. The normalized spacial score (nSPS) is 15.8. The predicted molar refractivity (Wildman–Crippen MR) is 101 cm³/mol. The zero-order chi connectivity index (χ0) is 18.3. The van der Waals surface area contributed by atoms with E-state index in [0.717, 1.165) is 46.5 Å². The number of unbranched alkanes of at least 4 members (excludes halogenated alkanes) is 1. The van der Waals surface area contributed by atoms with Crippen molar-refractivity contribution in [1.82, 2.24) is 15.0 Å². The van der Waals surface area contributed by atoms with Crippen LogP contribution in [0.25, 0.3) is 22.4 Å². The van der Waals surface area contributed by atoms with Crippen LogP contribution in [0.4, 0.5) is 10.5 Å². The van der Waals surface area contributed by atoms with Crippen LogP contribution in [-0.4, -0.2) is 27.6 Å². The summed E-state index contributed by atoms with van der Waals surface area (Å²) in [4.78, 5) is 26.4. The monoisotopic (exact) mass is 350 g/mol. The largest absolute Gasteiger partial charge is 0.438 e. The van der Waals surface area contributed by atoms with Gasteiger partial charge < -0.3 is 9.72 Å². The van der Waals surface area contributed by atoms with Gasteiger partial charge in [-0.15, -0.1) is 0 Å². The molecule has 2 aromatic heterocycles. The van der Waals surface area contributed by atoms with E-state index in [-0.39, 0.29) is 6.09 Å². The third kappa shape index (κ3) is 2.71. The summed E-state index contributed by atoms with van der Waals surface area (Å²) in [5.74, 6) is 0.787. The summed E-state index contributed by atoms with van der Waals surface area (Å²) in [5, 5.41) is 0. The number of carbonyl (C=O) groups excluding carboxylic acids is 1. The number of hydrogen-bond donors (Lipinski definition) is 1. The number of nitrogens with zero attached hydrogens (tertiary/aromatic N) is 3. The van der Waals surface area contributed by atoms with E-state index in [1.165, 1.54) is 0 Å². The number of pyridine rings is 1. The highest BCUT2D eigenvalue weighted by atomic mass is 16.6. The van der Waals surface area contributed by atoms with Gasteiger partial charge in [-0.05, 0) is 44.5 Å². The quantitative estimate of drug-likeness (QED) is 0.745. The first-order valence-corrected chi connectivity index (χ1v) is 8.95. The second-order valence-electron chi connectivity index (χ2n) is 7.09. The van der Waals surface area contributed by atoms with Crippen LogP contribution < -0.4 is 4.90 Å². The van der Waals surface area contributed by atoms with E-state index in [0.29, 0.717) is 6.54 Å². The van der Waals surface area contributed by atoms with E-state index in [9.17, 15) is 4.79 Å². The standard InChI is InChI=1S/C20H22N4O2/c1-4-5-10-24-17-12-16-15(11-14(17)20(2,3)26-19(24)25)22-18(23-16)13-6-8-21-9-7-13/h6-9,11-12H,4-5,10H2,1-3H3,(H,22,23). The van der Waals surface area contributed by atoms with Crippen LogP contribution >= 0.6 is 0 Å². The van der Waals surface area contributed by atoms with Crippen molar-refractivity contribution in [2.75, 3.05) is 11.4 Å². The molecule has 0 spiro atoms. The lowest BCUT2D eigenvalue weighted by Crippen LogP contribution is -2.43. The van der Waals surface area contributed by atoms with Crippen LogP contribution in [0.1, 0.15) is 39.2 Å². The molecule has 0 saturated heterocycles. The zero-order valence-corrected chi connectivity index (χ0v) is 15.2. The summed E-state index contributed by atoms with van der Waals surface area (Å²) >= 11 is 0. The van der Waals surface area contributed by atoms with Gasteiger partial charge in [0.1, 0.15) is 11.4 Å². The van der Waals surface area contributed by atoms with Crippen molar-refractivity contribution in [3.05, 3.63) is 42.2 Å². The molecule has 3 heterocycles. The van der Waals surface area contributed by atoms with Crippen LogP contribution in [0, 0.1) is 0 Å². The maximum absolute atomic E-state index is 12.5. The van der Waals surface area contributed by atoms with Crippen LogP contribution in [0.2, 0.25) is 0 Å². The summed E-state index contributed by atoms with van der Waals surface area (Å²) in [6.45, 7) is 6.60. The molecule has 0 unspecified atom stereocenters. The van der Waals surface area contributed by atoms with Crippen molar-refractivity contribution in [2.24, 2.45) is 0 Å². The molecule has 0 atom stereocenters.